The van der Waals surface area contributed by atoms with E-state index in [4.69, 9.17) is 30.6 Å². The zero-order chi connectivity index (χ0) is 19.2. The molecule has 24 heavy (non-hydrogen) atoms. The zero-order valence-electron chi connectivity index (χ0n) is 12.8. The predicted molar refractivity (Wildman–Crippen MR) is 96.2 cm³/mol. The van der Waals surface area contributed by atoms with Gasteiger partial charge >= 0.3 is 12.1 Å². The summed E-state index contributed by atoms with van der Waals surface area (Å²) >= 11 is 4.24. The average Bonchev–Trinajstić information content (AvgIpc) is 2.90. The Bertz CT molecular complexity index is 400. The molecule has 0 bridgehead atoms. The summed E-state index contributed by atoms with van der Waals surface area (Å²) in [5, 5.41) is 53.3. The van der Waals surface area contributed by atoms with Crippen LogP contribution in [0.15, 0.2) is 0 Å². The molecule has 2 aliphatic heterocycles. The van der Waals surface area contributed by atoms with Gasteiger partial charge in [0.05, 0.1) is 0 Å². The highest BCUT2D eigenvalue weighted by atomic mass is 128. The van der Waals surface area contributed by atoms with Crippen LogP contribution in [0.5, 0.6) is 0 Å². The van der Waals surface area contributed by atoms with Crippen LogP contribution in [0, 0.1) is 0 Å². The molecule has 0 aromatic heterocycles. The molecule has 6 N–H and O–H groups in total. The average molecular weight is 578 g/mol. The number of urea groups is 2. The fourth-order valence-electron chi connectivity index (χ4n) is 1.88. The number of aliphatic hydroxyl groups excluding tert-OH is 6. The molecular weight excluding hydrogens is 558 g/mol. The number of likely N-dealkylation sites (N-methyl/N-ethyl adjacent to an activating group) is 2. The van der Waals surface area contributed by atoms with Crippen molar-refractivity contribution in [3.63, 3.8) is 0 Å². The number of halogens is 2. The quantitative estimate of drug-likeness (QED) is 0.198. The van der Waals surface area contributed by atoms with E-state index in [1.54, 1.807) is 0 Å². The first-order chi connectivity index (χ1) is 11.2. The third-order valence-corrected chi connectivity index (χ3v) is 3.37. The number of hydrogen-bond donors (Lipinski definition) is 6. The van der Waals surface area contributed by atoms with Crippen molar-refractivity contribution in [2.24, 2.45) is 0 Å². The monoisotopic (exact) mass is 578 g/mol. The van der Waals surface area contributed by atoms with E-state index in [0.717, 1.165) is 9.80 Å². The number of aliphatic hydroxyl groups is 6. The first kappa shape index (κ1) is 23.8. The van der Waals surface area contributed by atoms with Crippen LogP contribution in [0.3, 0.4) is 0 Å². The molecule has 4 unspecified atom stereocenters. The number of amides is 4. The third-order valence-electron chi connectivity index (χ3n) is 3.37. The molecule has 2 rings (SSSR count). The Morgan fingerprint density at radius 1 is 0.750 bits per heavy atom. The van der Waals surface area contributed by atoms with E-state index in [1.807, 2.05) is 0 Å². The van der Waals surface area contributed by atoms with Gasteiger partial charge in [-0.15, -0.1) is 0 Å². The second-order valence-corrected chi connectivity index (χ2v) is 4.66. The highest BCUT2D eigenvalue weighted by Gasteiger charge is 2.43. The van der Waals surface area contributed by atoms with Crippen LogP contribution in [0.4, 0.5) is 9.59 Å². The van der Waals surface area contributed by atoms with Crippen molar-refractivity contribution >= 4 is 49.3 Å². The number of hydrogen-bond acceptors (Lipinski definition) is 8. The summed E-state index contributed by atoms with van der Waals surface area (Å²) in [5.41, 5.74) is 0. The standard InChI is InChI=1S/C5H10N2O5.C5H10N2O3.I2/c8-1-6-3(10)4(11)7(2-9)5(6)12;1-6-3(8)4(9)7(2)5(6)10;1-2/h3-4,8-11H,1-2H2;3-4,8-9H,1-2H3;. The van der Waals surface area contributed by atoms with Crippen LogP contribution >= 0.6 is 37.2 Å². The van der Waals surface area contributed by atoms with Gasteiger partial charge in [-0.3, -0.25) is 19.6 Å². The molecule has 0 spiro atoms. The Balaban J connectivity index is 0.000000405. The predicted octanol–water partition coefficient (Wildman–Crippen LogP) is -2.35. The minimum absolute atomic E-state index is 0.375. The van der Waals surface area contributed by atoms with Crippen molar-refractivity contribution in [2.45, 2.75) is 24.9 Å². The molecule has 2 fully saturated rings. The second-order valence-electron chi connectivity index (χ2n) is 4.66. The van der Waals surface area contributed by atoms with Gasteiger partial charge in [0.2, 0.25) is 0 Å². The molecule has 0 aromatic rings. The lowest BCUT2D eigenvalue weighted by molar-refractivity contribution is -0.0924. The van der Waals surface area contributed by atoms with Gasteiger partial charge < -0.3 is 30.6 Å². The topological polar surface area (TPSA) is 168 Å². The molecule has 0 saturated carbocycles. The molecular formula is C10H20I2N4O8. The summed E-state index contributed by atoms with van der Waals surface area (Å²) in [6.07, 6.45) is -5.18. The van der Waals surface area contributed by atoms with Gasteiger partial charge in [-0.25, -0.2) is 9.59 Å². The largest absolute Gasteiger partial charge is 0.376 e. The Hall–Kier alpha value is -0.240. The molecule has 0 aliphatic carbocycles. The van der Waals surface area contributed by atoms with Crippen molar-refractivity contribution < 1.29 is 40.2 Å². The lowest BCUT2D eigenvalue weighted by atomic mass is 10.5. The Kier molecular flexibility index (Phi) is 10.6. The lowest BCUT2D eigenvalue weighted by Crippen LogP contribution is -2.37. The molecule has 2 saturated heterocycles. The number of rotatable bonds is 2. The van der Waals surface area contributed by atoms with Crippen LogP contribution < -0.4 is 0 Å². The van der Waals surface area contributed by atoms with E-state index in [-0.39, 0.29) is 6.03 Å². The van der Waals surface area contributed by atoms with E-state index < -0.39 is 44.4 Å². The fourth-order valence-corrected chi connectivity index (χ4v) is 1.88. The van der Waals surface area contributed by atoms with Crippen molar-refractivity contribution in [2.75, 3.05) is 27.6 Å². The summed E-state index contributed by atoms with van der Waals surface area (Å²) in [6, 6.07) is -1.18. The van der Waals surface area contributed by atoms with Gasteiger partial charge in [-0.2, -0.15) is 0 Å². The molecule has 0 radical (unpaired) electrons. The summed E-state index contributed by atoms with van der Waals surface area (Å²) in [7, 11) is 2.86. The summed E-state index contributed by atoms with van der Waals surface area (Å²) in [4.78, 5) is 25.3. The van der Waals surface area contributed by atoms with Gasteiger partial charge in [-0.05, 0) is 0 Å². The maximum Gasteiger partial charge on any atom is 0.328 e. The normalized spacial score (nSPS) is 29.4. The zero-order valence-corrected chi connectivity index (χ0v) is 17.1. The SMILES string of the molecule is CN1C(=O)N(C)C(O)C1O.II.O=C1N(CO)C(O)C(O)N1CO. The molecule has 0 aromatic carbocycles. The summed E-state index contributed by atoms with van der Waals surface area (Å²) in [6.45, 7) is -1.40. The molecule has 2 aliphatic rings. The van der Waals surface area contributed by atoms with Gasteiger partial charge in [0.15, 0.2) is 24.9 Å². The van der Waals surface area contributed by atoms with Gasteiger partial charge in [0, 0.05) is 51.3 Å². The van der Waals surface area contributed by atoms with E-state index in [1.165, 1.54) is 14.1 Å². The van der Waals surface area contributed by atoms with Crippen LogP contribution in [0.2, 0.25) is 0 Å². The van der Waals surface area contributed by atoms with Crippen LogP contribution in [-0.4, -0.2) is 115 Å². The molecule has 12 nitrogen and oxygen atoms in total. The highest BCUT2D eigenvalue weighted by molar-refractivity contribution is 15.0. The van der Waals surface area contributed by atoms with Crippen molar-refractivity contribution in [3.05, 3.63) is 0 Å². The van der Waals surface area contributed by atoms with Crippen LogP contribution in [-0.2, 0) is 0 Å². The summed E-state index contributed by atoms with van der Waals surface area (Å²) < 4.78 is 0. The van der Waals surface area contributed by atoms with Gasteiger partial charge in [0.1, 0.15) is 13.5 Å². The first-order valence-electron chi connectivity index (χ1n) is 6.34. The van der Waals surface area contributed by atoms with E-state index in [9.17, 15) is 9.59 Å². The second kappa shape index (κ2) is 10.7. The van der Waals surface area contributed by atoms with Crippen molar-refractivity contribution in [1.82, 2.24) is 19.6 Å². The fraction of sp³-hybridized carbons (Fsp3) is 0.800. The Labute approximate surface area is 161 Å². The van der Waals surface area contributed by atoms with E-state index in [0.29, 0.717) is 9.80 Å². The molecule has 4 atom stereocenters. The minimum atomic E-state index is -1.49. The van der Waals surface area contributed by atoms with Crippen molar-refractivity contribution in [1.29, 1.82) is 0 Å². The maximum absolute atomic E-state index is 11.0. The third kappa shape index (κ3) is 4.90. The van der Waals surface area contributed by atoms with E-state index in [2.05, 4.69) is 37.2 Å². The number of nitrogens with zero attached hydrogens (tertiary/aromatic N) is 4. The Morgan fingerprint density at radius 2 is 1.04 bits per heavy atom. The van der Waals surface area contributed by atoms with E-state index >= 15 is 0 Å². The minimum Gasteiger partial charge on any atom is -0.376 e. The Morgan fingerprint density at radius 3 is 1.17 bits per heavy atom. The number of carbonyl (C=O) groups is 2. The van der Waals surface area contributed by atoms with Crippen molar-refractivity contribution in [3.8, 4) is 0 Å². The smallest absolute Gasteiger partial charge is 0.328 e. The van der Waals surface area contributed by atoms with Gasteiger partial charge in [0.25, 0.3) is 0 Å². The van der Waals surface area contributed by atoms with Crippen LogP contribution in [0.1, 0.15) is 0 Å². The van der Waals surface area contributed by atoms with Gasteiger partial charge in [-0.1, -0.05) is 0 Å². The first-order valence-corrected chi connectivity index (χ1v) is 12.6. The number of carbonyl (C=O) groups excluding carboxylic acids is 2. The maximum atomic E-state index is 11.0. The molecule has 2 heterocycles. The highest BCUT2D eigenvalue weighted by Crippen LogP contribution is 2.17. The molecule has 14 heteroatoms. The van der Waals surface area contributed by atoms with Crippen LogP contribution in [0.25, 0.3) is 0 Å². The summed E-state index contributed by atoms with van der Waals surface area (Å²) in [5.74, 6) is 0. The lowest BCUT2D eigenvalue weighted by Gasteiger charge is -2.15. The molecule has 4 amide bonds. The molecule has 142 valence electrons.